The Balaban J connectivity index is 1.97. The van der Waals surface area contributed by atoms with Crippen molar-refractivity contribution in [2.24, 2.45) is 10.9 Å². The Hall–Kier alpha value is -1.55. The maximum absolute atomic E-state index is 12.9. The molecule has 1 saturated heterocycles. The zero-order valence-corrected chi connectivity index (χ0v) is 19.1. The number of benzene rings is 1. The van der Waals surface area contributed by atoms with Gasteiger partial charge in [0.1, 0.15) is 0 Å². The summed E-state index contributed by atoms with van der Waals surface area (Å²) in [4.78, 5) is 18.0. The van der Waals surface area contributed by atoms with Crippen LogP contribution in [0.25, 0.3) is 10.2 Å². The van der Waals surface area contributed by atoms with Gasteiger partial charge >= 0.3 is 0 Å². The summed E-state index contributed by atoms with van der Waals surface area (Å²) in [5.41, 5.74) is 3.44. The van der Waals surface area contributed by atoms with E-state index in [1.807, 2.05) is 11.5 Å². The van der Waals surface area contributed by atoms with Crippen LogP contribution in [-0.2, 0) is 26.1 Å². The molecule has 0 saturated carbocycles. The second kappa shape index (κ2) is 9.07. The van der Waals surface area contributed by atoms with Gasteiger partial charge in [-0.05, 0) is 56.9 Å². The van der Waals surface area contributed by atoms with Crippen molar-refractivity contribution in [2.45, 2.75) is 40.2 Å². The molecule has 1 aliphatic rings. The number of hydrogen-bond donors (Lipinski definition) is 0. The minimum absolute atomic E-state index is 0.212. The molecule has 29 heavy (non-hydrogen) atoms. The summed E-state index contributed by atoms with van der Waals surface area (Å²) < 4.78 is 33.8. The lowest BCUT2D eigenvalue weighted by molar-refractivity contribution is -0.122. The first-order valence-electron chi connectivity index (χ1n) is 9.92. The number of nitrogens with zero attached hydrogens (tertiary/aromatic N) is 3. The molecule has 0 aliphatic carbocycles. The van der Waals surface area contributed by atoms with Crippen LogP contribution in [0.2, 0.25) is 0 Å². The van der Waals surface area contributed by atoms with Crippen molar-refractivity contribution >= 4 is 37.5 Å². The Kier molecular flexibility index (Phi) is 6.93. The van der Waals surface area contributed by atoms with Crippen LogP contribution in [0.5, 0.6) is 0 Å². The minimum Gasteiger partial charge on any atom is -0.380 e. The number of carbonyl (C=O) groups is 1. The van der Waals surface area contributed by atoms with Gasteiger partial charge in [0.15, 0.2) is 4.80 Å². The number of aromatic nitrogens is 1. The summed E-state index contributed by atoms with van der Waals surface area (Å²) in [6, 6.07) is 4.25. The molecule has 0 spiro atoms. The maximum Gasteiger partial charge on any atom is 0.252 e. The molecule has 1 fully saturated rings. The van der Waals surface area contributed by atoms with Gasteiger partial charge in [-0.2, -0.15) is 4.99 Å². The van der Waals surface area contributed by atoms with Gasteiger partial charge in [0.25, 0.3) is 5.91 Å². The molecule has 0 N–H and O–H groups in total. The van der Waals surface area contributed by atoms with Crippen molar-refractivity contribution in [3.63, 3.8) is 0 Å². The van der Waals surface area contributed by atoms with Crippen LogP contribution in [0.15, 0.2) is 17.1 Å². The van der Waals surface area contributed by atoms with E-state index < -0.39 is 15.9 Å². The number of hydrogen-bond acceptors (Lipinski definition) is 5. The topological polar surface area (TPSA) is 81.0 Å². The third kappa shape index (κ3) is 5.14. The van der Waals surface area contributed by atoms with E-state index in [2.05, 4.69) is 31.0 Å². The summed E-state index contributed by atoms with van der Waals surface area (Å²) in [5, 5.41) is 0. The molecule has 2 aromatic rings. The highest BCUT2D eigenvalue weighted by Gasteiger charge is 2.30. The number of thiazole rings is 1. The number of sulfonamides is 1. The van der Waals surface area contributed by atoms with Gasteiger partial charge in [0, 0.05) is 26.2 Å². The fourth-order valence-electron chi connectivity index (χ4n) is 3.55. The normalized spacial score (nSPS) is 19.2. The van der Waals surface area contributed by atoms with E-state index >= 15 is 0 Å². The largest absolute Gasteiger partial charge is 0.380 e. The average Bonchev–Trinajstić information content (AvgIpc) is 2.98. The highest BCUT2D eigenvalue weighted by atomic mass is 32.2. The highest BCUT2D eigenvalue weighted by molar-refractivity contribution is 7.88. The van der Waals surface area contributed by atoms with Crippen molar-refractivity contribution < 1.29 is 17.9 Å². The molecule has 1 atom stereocenters. The van der Waals surface area contributed by atoms with Crippen molar-refractivity contribution in [2.75, 3.05) is 32.6 Å². The number of rotatable bonds is 6. The van der Waals surface area contributed by atoms with Crippen LogP contribution in [-0.4, -0.2) is 55.8 Å². The Morgan fingerprint density at radius 3 is 2.72 bits per heavy atom. The van der Waals surface area contributed by atoms with Gasteiger partial charge < -0.3 is 9.30 Å². The molecule has 1 aromatic carbocycles. The quantitative estimate of drug-likeness (QED) is 0.648. The van der Waals surface area contributed by atoms with Crippen LogP contribution in [0.3, 0.4) is 0 Å². The molecular formula is C20H29N3O4S2. The lowest BCUT2D eigenvalue weighted by Crippen LogP contribution is -2.41. The molecular weight excluding hydrogens is 410 g/mol. The van der Waals surface area contributed by atoms with Crippen LogP contribution in [0.4, 0.5) is 0 Å². The monoisotopic (exact) mass is 439 g/mol. The predicted octanol–water partition coefficient (Wildman–Crippen LogP) is 2.46. The molecule has 160 valence electrons. The van der Waals surface area contributed by atoms with Crippen molar-refractivity contribution in [1.29, 1.82) is 0 Å². The molecule has 2 heterocycles. The fourth-order valence-corrected chi connectivity index (χ4v) is 5.61. The first kappa shape index (κ1) is 22.1. The number of carbonyl (C=O) groups excluding carboxylic acids is 1. The number of ether oxygens (including phenoxy) is 1. The second-order valence-corrected chi connectivity index (χ2v) is 10.5. The maximum atomic E-state index is 12.9. The van der Waals surface area contributed by atoms with Crippen molar-refractivity contribution in [3.05, 3.63) is 28.1 Å². The van der Waals surface area contributed by atoms with Gasteiger partial charge in [0.2, 0.25) is 10.0 Å². The van der Waals surface area contributed by atoms with E-state index in [4.69, 9.17) is 4.74 Å². The van der Waals surface area contributed by atoms with Gasteiger partial charge in [-0.1, -0.05) is 11.3 Å². The average molecular weight is 440 g/mol. The molecule has 0 radical (unpaired) electrons. The van der Waals surface area contributed by atoms with Crippen LogP contribution < -0.4 is 4.80 Å². The van der Waals surface area contributed by atoms with Gasteiger partial charge in [0.05, 0.1) is 29.0 Å². The van der Waals surface area contributed by atoms with Gasteiger partial charge in [-0.15, -0.1) is 0 Å². The molecule has 1 unspecified atom stereocenters. The molecule has 7 nitrogen and oxygen atoms in total. The first-order chi connectivity index (χ1) is 13.7. The molecule has 1 aromatic heterocycles. The molecule has 1 amide bonds. The second-order valence-electron chi connectivity index (χ2n) is 7.55. The number of fused-ring (bicyclic) bond motifs is 1. The van der Waals surface area contributed by atoms with Crippen molar-refractivity contribution in [1.82, 2.24) is 8.87 Å². The standard InChI is InChI=1S/C20H29N3O4S2/c1-5-27-10-9-23-17-11-14(2)15(3)12-18(17)28-20(23)21-19(24)16-7-6-8-22(13-16)29(4,25)26/h11-12,16H,5-10,13H2,1-4H3. The Bertz CT molecular complexity index is 1070. The SMILES string of the molecule is CCOCCn1c(=NC(=O)C2CCCN(S(C)(=O)=O)C2)sc2cc(C)c(C)cc21. The summed E-state index contributed by atoms with van der Waals surface area (Å²) in [6.45, 7) is 8.57. The Labute approximate surface area is 176 Å². The number of aryl methyl sites for hydroxylation is 2. The Morgan fingerprint density at radius 2 is 2.03 bits per heavy atom. The molecule has 1 aliphatic heterocycles. The molecule has 3 rings (SSSR count). The lowest BCUT2D eigenvalue weighted by Gasteiger charge is -2.28. The Morgan fingerprint density at radius 1 is 1.31 bits per heavy atom. The highest BCUT2D eigenvalue weighted by Crippen LogP contribution is 2.23. The minimum atomic E-state index is -3.30. The summed E-state index contributed by atoms with van der Waals surface area (Å²) >= 11 is 1.49. The van der Waals surface area contributed by atoms with Crippen LogP contribution in [0, 0.1) is 19.8 Å². The lowest BCUT2D eigenvalue weighted by atomic mass is 9.99. The van der Waals surface area contributed by atoms with Crippen LogP contribution in [0.1, 0.15) is 30.9 Å². The first-order valence-corrected chi connectivity index (χ1v) is 12.6. The van der Waals surface area contributed by atoms with E-state index in [9.17, 15) is 13.2 Å². The third-order valence-electron chi connectivity index (χ3n) is 5.37. The zero-order chi connectivity index (χ0) is 21.2. The summed E-state index contributed by atoms with van der Waals surface area (Å²) in [7, 11) is -3.30. The van der Waals surface area contributed by atoms with Gasteiger partial charge in [-0.25, -0.2) is 12.7 Å². The van der Waals surface area contributed by atoms with Gasteiger partial charge in [-0.3, -0.25) is 4.79 Å². The molecule has 9 heteroatoms. The van der Waals surface area contributed by atoms with Crippen molar-refractivity contribution in [3.8, 4) is 0 Å². The van der Waals surface area contributed by atoms with E-state index in [0.29, 0.717) is 43.9 Å². The predicted molar refractivity (Wildman–Crippen MR) is 115 cm³/mol. The smallest absolute Gasteiger partial charge is 0.252 e. The van der Waals surface area contributed by atoms with E-state index in [-0.39, 0.29) is 12.5 Å². The fraction of sp³-hybridized carbons (Fsp3) is 0.600. The van der Waals surface area contributed by atoms with E-state index in [1.54, 1.807) is 0 Å². The number of amides is 1. The van der Waals surface area contributed by atoms with E-state index in [0.717, 1.165) is 10.2 Å². The molecule has 0 bridgehead atoms. The van der Waals surface area contributed by atoms with Crippen LogP contribution >= 0.6 is 11.3 Å². The summed E-state index contributed by atoms with van der Waals surface area (Å²) in [5.74, 6) is -0.643. The number of piperidine rings is 1. The zero-order valence-electron chi connectivity index (χ0n) is 17.5. The van der Waals surface area contributed by atoms with E-state index in [1.165, 1.54) is 33.0 Å². The summed E-state index contributed by atoms with van der Waals surface area (Å²) in [6.07, 6.45) is 2.53. The third-order valence-corrected chi connectivity index (χ3v) is 7.68.